The minimum Gasteiger partial charge on any atom is -0.381 e. The predicted octanol–water partition coefficient (Wildman–Crippen LogP) is 5.92. The van der Waals surface area contributed by atoms with Gasteiger partial charge in [0.05, 0.1) is 31.8 Å². The van der Waals surface area contributed by atoms with E-state index in [1.54, 1.807) is 0 Å². The van der Waals surface area contributed by atoms with Crippen molar-refractivity contribution in [2.75, 3.05) is 206 Å². The van der Waals surface area contributed by atoms with Gasteiger partial charge in [-0.3, -0.25) is 0 Å². The van der Waals surface area contributed by atoms with Crippen LogP contribution in [0.5, 0.6) is 0 Å². The lowest BCUT2D eigenvalue weighted by Crippen LogP contribution is -2.42. The van der Waals surface area contributed by atoms with E-state index >= 15 is 0 Å². The summed E-state index contributed by atoms with van der Waals surface area (Å²) in [6.07, 6.45) is 8.83. The lowest BCUT2D eigenvalue weighted by Gasteiger charge is -2.33. The Morgan fingerprint density at radius 1 is 0.279 bits per heavy atom. The number of hydrogen-bond acceptors (Lipinski definition) is 20. The summed E-state index contributed by atoms with van der Waals surface area (Å²) in [6, 6.07) is 0. The van der Waals surface area contributed by atoms with E-state index in [0.717, 1.165) is 177 Å². The van der Waals surface area contributed by atoms with Gasteiger partial charge in [0.1, 0.15) is 0 Å². The summed E-state index contributed by atoms with van der Waals surface area (Å²) < 4.78 is 25.8. The Hall–Kier alpha value is 2.32. The van der Waals surface area contributed by atoms with Gasteiger partial charge in [-0.05, 0) is 132 Å². The molecule has 0 aliphatic heterocycles. The first kappa shape index (κ1) is 63.3. The lowest BCUT2D eigenvalue weighted by atomic mass is 9.92. The third-order valence-electron chi connectivity index (χ3n) is 8.60. The van der Waals surface area contributed by atoms with Gasteiger partial charge in [-0.2, -0.15) is 0 Å². The average Bonchev–Trinajstić information content (AvgIpc) is 3.27. The summed E-state index contributed by atoms with van der Waals surface area (Å²) in [5, 5.41) is 26.9. The normalized spacial score (nSPS) is 12.0. The highest BCUT2D eigenvalue weighted by molar-refractivity contribution is 8.77. The van der Waals surface area contributed by atoms with Crippen LogP contribution < -0.4 is 42.5 Å². The molecule has 0 heterocycles. The zero-order valence-corrected chi connectivity index (χ0v) is 45.4. The largest absolute Gasteiger partial charge is 0.381 e. The second kappa shape index (κ2) is 56.6. The molecule has 0 amide bonds. The van der Waals surface area contributed by atoms with Gasteiger partial charge in [0.15, 0.2) is 0 Å². The fraction of sp³-hybridized carbons (Fsp3) is 1.00. The minimum absolute atomic E-state index is 0.330. The van der Waals surface area contributed by atoms with Crippen LogP contribution in [0.2, 0.25) is 0 Å². The van der Waals surface area contributed by atoms with Crippen LogP contribution in [0.25, 0.3) is 0 Å². The van der Waals surface area contributed by atoms with E-state index in [2.05, 4.69) is 42.5 Å². The molecule has 0 bridgehead atoms. The Bertz CT molecular complexity index is 697. The van der Waals surface area contributed by atoms with Gasteiger partial charge in [-0.15, -0.1) is 0 Å². The maximum Gasteiger partial charge on any atom is 0.0637 e. The molecule has 368 valence electrons. The second-order valence-corrected chi connectivity index (χ2v) is 25.3. The molecule has 0 saturated heterocycles. The van der Waals surface area contributed by atoms with E-state index in [1.807, 2.05) is 115 Å². The van der Waals surface area contributed by atoms with Gasteiger partial charge in [-0.1, -0.05) is 86.4 Å². The van der Waals surface area contributed by atoms with Crippen LogP contribution in [0.1, 0.15) is 51.4 Å². The van der Waals surface area contributed by atoms with Gasteiger partial charge in [0.2, 0.25) is 0 Å². The molecule has 61 heavy (non-hydrogen) atoms. The predicted molar refractivity (Wildman–Crippen MR) is 289 cm³/mol. The highest BCUT2D eigenvalue weighted by atomic mass is 33.1. The quantitative estimate of drug-likeness (QED) is 0.0271. The standard InChI is InChI=1S/C41H92N8O4S8/c1-42-13-5-17-46-21-33-58-54-29-9-25-50-37-41(38-51-26-10-30-55-59-34-22-47-18-6-14-43-2,39-52-27-11-31-56-60-35-23-48-19-7-15-44-3)40-53-28-12-32-57-61-36-24-49-20-8-16-45-4/h42-49H,5-40H2,1-4H3. The molecule has 12 nitrogen and oxygen atoms in total. The van der Waals surface area contributed by atoms with Crippen LogP contribution in [0.3, 0.4) is 0 Å². The Morgan fingerprint density at radius 3 is 0.738 bits per heavy atom. The van der Waals surface area contributed by atoms with Crippen LogP contribution in [-0.4, -0.2) is 206 Å². The van der Waals surface area contributed by atoms with Gasteiger partial charge in [-0.25, -0.2) is 0 Å². The summed E-state index contributed by atoms with van der Waals surface area (Å²) in [5.41, 5.74) is -0.330. The van der Waals surface area contributed by atoms with Gasteiger partial charge >= 0.3 is 0 Å². The monoisotopic (exact) mass is 1020 g/mol. The Morgan fingerprint density at radius 2 is 0.508 bits per heavy atom. The fourth-order valence-corrected chi connectivity index (χ4v) is 13.3. The van der Waals surface area contributed by atoms with E-state index in [-0.39, 0.29) is 5.41 Å². The van der Waals surface area contributed by atoms with Crippen molar-refractivity contribution in [2.24, 2.45) is 5.41 Å². The van der Waals surface area contributed by atoms with E-state index in [1.165, 1.54) is 25.7 Å². The van der Waals surface area contributed by atoms with Gasteiger partial charge < -0.3 is 61.5 Å². The van der Waals surface area contributed by atoms with Crippen molar-refractivity contribution in [1.82, 2.24) is 42.5 Å². The van der Waals surface area contributed by atoms with E-state index in [4.69, 9.17) is 18.9 Å². The van der Waals surface area contributed by atoms with Crippen LogP contribution in [0.15, 0.2) is 0 Å². The molecule has 20 heteroatoms. The van der Waals surface area contributed by atoms with Crippen molar-refractivity contribution in [3.63, 3.8) is 0 Å². The van der Waals surface area contributed by atoms with Crippen molar-refractivity contribution in [1.29, 1.82) is 0 Å². The average molecular weight is 1020 g/mol. The summed E-state index contributed by atoms with van der Waals surface area (Å²) >= 11 is 0. The summed E-state index contributed by atoms with van der Waals surface area (Å²) in [6.45, 7) is 18.2. The third kappa shape index (κ3) is 51.6. The van der Waals surface area contributed by atoms with E-state index in [0.29, 0.717) is 26.4 Å². The van der Waals surface area contributed by atoms with Crippen LogP contribution in [0, 0.1) is 5.41 Å². The number of nitrogens with one attached hydrogen (secondary N) is 8. The first-order valence-electron chi connectivity index (χ1n) is 22.9. The number of hydrogen-bond donors (Lipinski definition) is 8. The molecule has 0 aromatic heterocycles. The first-order valence-corrected chi connectivity index (χ1v) is 32.9. The molecule has 0 aromatic rings. The maximum atomic E-state index is 6.44. The molecule has 0 aromatic carbocycles. The molecule has 0 atom stereocenters. The van der Waals surface area contributed by atoms with Crippen molar-refractivity contribution in [3.8, 4) is 0 Å². The second-order valence-electron chi connectivity index (χ2n) is 14.5. The molecule has 8 N–H and O–H groups in total. The lowest BCUT2D eigenvalue weighted by molar-refractivity contribution is -0.106. The topological polar surface area (TPSA) is 133 Å². The molecule has 0 unspecified atom stereocenters. The molecule has 0 rings (SSSR count). The summed E-state index contributed by atoms with van der Waals surface area (Å²) in [7, 11) is 23.7. The highest BCUT2D eigenvalue weighted by Gasteiger charge is 2.32. The molecule has 0 aliphatic rings. The Balaban J connectivity index is 4.92. The molecule has 0 radical (unpaired) electrons. The van der Waals surface area contributed by atoms with Crippen molar-refractivity contribution < 1.29 is 18.9 Å². The minimum atomic E-state index is -0.330. The zero-order chi connectivity index (χ0) is 44.1. The number of rotatable bonds is 56. The van der Waals surface area contributed by atoms with Crippen LogP contribution in [-0.2, 0) is 18.9 Å². The van der Waals surface area contributed by atoms with E-state index < -0.39 is 0 Å². The Kier molecular flexibility index (Phi) is 58.8. The molecular weight excluding hydrogens is 925 g/mol. The summed E-state index contributed by atoms with van der Waals surface area (Å²) in [5.74, 6) is 8.87. The number of ether oxygens (including phenoxy) is 4. The molecular formula is C41H92N8O4S8. The van der Waals surface area contributed by atoms with Gasteiger partial charge in [0, 0.05) is 98.6 Å². The van der Waals surface area contributed by atoms with E-state index in [9.17, 15) is 0 Å². The first-order chi connectivity index (χ1) is 30.2. The smallest absolute Gasteiger partial charge is 0.0637 e. The maximum absolute atomic E-state index is 6.44. The zero-order valence-electron chi connectivity index (χ0n) is 38.9. The molecule has 0 saturated carbocycles. The SMILES string of the molecule is CNCCCNCCSSCCCOCC(COCCCSSCCNCCCNC)(COCCCSSCCNCCCNC)COCCCSSCCNCCCNC. The summed E-state index contributed by atoms with van der Waals surface area (Å²) in [4.78, 5) is 0. The van der Waals surface area contributed by atoms with Crippen LogP contribution >= 0.6 is 86.4 Å². The third-order valence-corrected chi connectivity index (χ3v) is 18.6. The molecule has 0 spiro atoms. The van der Waals surface area contributed by atoms with Gasteiger partial charge in [0.25, 0.3) is 0 Å². The van der Waals surface area contributed by atoms with Crippen molar-refractivity contribution in [2.45, 2.75) is 51.4 Å². The highest BCUT2D eigenvalue weighted by Crippen LogP contribution is 2.26. The Labute approximate surface area is 407 Å². The van der Waals surface area contributed by atoms with Crippen molar-refractivity contribution >= 4 is 86.4 Å². The molecule has 0 aliphatic carbocycles. The fourth-order valence-electron chi connectivity index (χ4n) is 5.27. The van der Waals surface area contributed by atoms with Crippen molar-refractivity contribution in [3.05, 3.63) is 0 Å². The molecule has 0 fully saturated rings. The van der Waals surface area contributed by atoms with Crippen LogP contribution in [0.4, 0.5) is 0 Å².